The summed E-state index contributed by atoms with van der Waals surface area (Å²) in [7, 11) is 0. The zero-order valence-electron chi connectivity index (χ0n) is 15.6. The van der Waals surface area contributed by atoms with E-state index in [9.17, 15) is 14.4 Å². The fourth-order valence-corrected chi connectivity index (χ4v) is 3.53. The van der Waals surface area contributed by atoms with Gasteiger partial charge in [0.2, 0.25) is 5.91 Å². The van der Waals surface area contributed by atoms with Gasteiger partial charge in [-0.1, -0.05) is 0 Å². The first-order valence-electron chi connectivity index (χ1n) is 9.19. The number of nitrogens with one attached hydrogen (secondary N) is 1. The maximum Gasteiger partial charge on any atom is 0.336 e. The predicted molar refractivity (Wildman–Crippen MR) is 101 cm³/mol. The number of likely N-dealkylation sites (tertiary alicyclic amines) is 1. The maximum absolute atomic E-state index is 12.0. The quantitative estimate of drug-likeness (QED) is 0.641. The number of fused-ring (bicyclic) bond motifs is 1. The molecule has 7 nitrogen and oxygen atoms in total. The van der Waals surface area contributed by atoms with Crippen molar-refractivity contribution in [2.24, 2.45) is 5.92 Å². The second kappa shape index (κ2) is 8.35. The van der Waals surface area contributed by atoms with Gasteiger partial charge in [-0.05, 0) is 44.0 Å². The van der Waals surface area contributed by atoms with Crippen LogP contribution in [0, 0.1) is 5.92 Å². The molecule has 0 unspecified atom stereocenters. The van der Waals surface area contributed by atoms with Crippen LogP contribution in [-0.4, -0.2) is 36.5 Å². The minimum atomic E-state index is -0.434. The van der Waals surface area contributed by atoms with Crippen LogP contribution in [0.15, 0.2) is 33.5 Å². The third-order valence-corrected chi connectivity index (χ3v) is 4.67. The SMILES string of the molecule is CCOC(=O)[C@H]1CCCN(Cc2cc(=O)oc3cc(NC(C)=O)ccc23)C1. The van der Waals surface area contributed by atoms with Gasteiger partial charge >= 0.3 is 11.6 Å². The Balaban J connectivity index is 1.82. The Labute approximate surface area is 157 Å². The molecular weight excluding hydrogens is 348 g/mol. The molecule has 1 amide bonds. The summed E-state index contributed by atoms with van der Waals surface area (Å²) >= 11 is 0. The zero-order chi connectivity index (χ0) is 19.4. The summed E-state index contributed by atoms with van der Waals surface area (Å²) < 4.78 is 10.5. The highest BCUT2D eigenvalue weighted by Crippen LogP contribution is 2.25. The van der Waals surface area contributed by atoms with Gasteiger partial charge in [0.25, 0.3) is 0 Å². The van der Waals surface area contributed by atoms with Crippen LogP contribution in [0.25, 0.3) is 11.0 Å². The van der Waals surface area contributed by atoms with E-state index in [4.69, 9.17) is 9.15 Å². The Hall–Kier alpha value is -2.67. The van der Waals surface area contributed by atoms with Crippen molar-refractivity contribution >= 4 is 28.5 Å². The summed E-state index contributed by atoms with van der Waals surface area (Å²) in [6.07, 6.45) is 1.74. The lowest BCUT2D eigenvalue weighted by molar-refractivity contribution is -0.150. The third kappa shape index (κ3) is 4.74. The van der Waals surface area contributed by atoms with Crippen molar-refractivity contribution < 1.29 is 18.7 Å². The molecule has 1 atom stereocenters. The first kappa shape index (κ1) is 19.1. The Bertz CT molecular complexity index is 905. The van der Waals surface area contributed by atoms with Crippen LogP contribution in [0.2, 0.25) is 0 Å². The van der Waals surface area contributed by atoms with Crippen LogP contribution >= 0.6 is 0 Å². The van der Waals surface area contributed by atoms with E-state index in [1.54, 1.807) is 12.1 Å². The van der Waals surface area contributed by atoms with Gasteiger partial charge in [-0.2, -0.15) is 0 Å². The van der Waals surface area contributed by atoms with E-state index in [1.165, 1.54) is 13.0 Å². The molecule has 1 fully saturated rings. The van der Waals surface area contributed by atoms with E-state index >= 15 is 0 Å². The number of nitrogens with zero attached hydrogens (tertiary/aromatic N) is 1. The van der Waals surface area contributed by atoms with E-state index in [-0.39, 0.29) is 17.8 Å². The number of amides is 1. The molecular formula is C20H24N2O5. The van der Waals surface area contributed by atoms with Crippen LogP contribution < -0.4 is 10.9 Å². The van der Waals surface area contributed by atoms with Crippen LogP contribution in [-0.2, 0) is 20.9 Å². The summed E-state index contributed by atoms with van der Waals surface area (Å²) in [4.78, 5) is 37.4. The van der Waals surface area contributed by atoms with E-state index in [1.807, 2.05) is 13.0 Å². The van der Waals surface area contributed by atoms with Gasteiger partial charge in [-0.25, -0.2) is 4.79 Å². The topological polar surface area (TPSA) is 88.8 Å². The van der Waals surface area contributed by atoms with Gasteiger partial charge < -0.3 is 14.5 Å². The number of anilines is 1. The second-order valence-electron chi connectivity index (χ2n) is 6.81. The molecule has 1 N–H and O–H groups in total. The molecule has 0 radical (unpaired) electrons. The van der Waals surface area contributed by atoms with E-state index < -0.39 is 5.63 Å². The highest BCUT2D eigenvalue weighted by molar-refractivity contribution is 5.92. The molecule has 0 aliphatic carbocycles. The van der Waals surface area contributed by atoms with Crippen LogP contribution in [0.4, 0.5) is 5.69 Å². The fraction of sp³-hybridized carbons (Fsp3) is 0.450. The largest absolute Gasteiger partial charge is 0.466 e. The van der Waals surface area contributed by atoms with Crippen LogP contribution in [0.3, 0.4) is 0 Å². The number of hydrogen-bond donors (Lipinski definition) is 1. The summed E-state index contributed by atoms with van der Waals surface area (Å²) in [5.74, 6) is -0.470. The van der Waals surface area contributed by atoms with Crippen molar-refractivity contribution in [3.63, 3.8) is 0 Å². The average molecular weight is 372 g/mol. The van der Waals surface area contributed by atoms with Crippen molar-refractivity contribution in [1.29, 1.82) is 0 Å². The third-order valence-electron chi connectivity index (χ3n) is 4.67. The predicted octanol–water partition coefficient (Wildman–Crippen LogP) is 2.53. The van der Waals surface area contributed by atoms with E-state index in [0.717, 1.165) is 30.3 Å². The van der Waals surface area contributed by atoms with Crippen molar-refractivity contribution in [3.8, 4) is 0 Å². The molecule has 27 heavy (non-hydrogen) atoms. The number of benzene rings is 1. The Morgan fingerprint density at radius 3 is 2.89 bits per heavy atom. The van der Waals surface area contributed by atoms with Gasteiger partial charge in [-0.3, -0.25) is 14.5 Å². The van der Waals surface area contributed by atoms with Gasteiger partial charge in [0.1, 0.15) is 5.58 Å². The second-order valence-corrected chi connectivity index (χ2v) is 6.81. The van der Waals surface area contributed by atoms with Gasteiger partial charge in [-0.15, -0.1) is 0 Å². The van der Waals surface area contributed by atoms with Crippen molar-refractivity contribution in [1.82, 2.24) is 4.90 Å². The molecule has 3 rings (SSSR count). The molecule has 7 heteroatoms. The summed E-state index contributed by atoms with van der Waals surface area (Å²) in [6.45, 7) is 5.65. The Kier molecular flexibility index (Phi) is 5.91. The van der Waals surface area contributed by atoms with Crippen LogP contribution in [0.5, 0.6) is 0 Å². The number of carbonyl (C=O) groups is 2. The van der Waals surface area contributed by atoms with Crippen molar-refractivity contribution in [3.05, 3.63) is 40.2 Å². The number of piperidine rings is 1. The highest BCUT2D eigenvalue weighted by atomic mass is 16.5. The normalized spacial score (nSPS) is 17.6. The summed E-state index contributed by atoms with van der Waals surface area (Å²) in [6, 6.07) is 6.77. The minimum absolute atomic E-state index is 0.128. The standard InChI is InChI=1S/C20H24N2O5/c1-3-26-20(25)14-5-4-8-22(11-14)12-15-9-19(24)27-18-10-16(21-13(2)23)6-7-17(15)18/h6-7,9-10,14H,3-5,8,11-12H2,1-2H3,(H,21,23)/t14-/m0/s1. The molecule has 2 heterocycles. The van der Waals surface area contributed by atoms with Crippen molar-refractivity contribution in [2.75, 3.05) is 25.0 Å². The Morgan fingerprint density at radius 2 is 2.15 bits per heavy atom. The number of hydrogen-bond acceptors (Lipinski definition) is 6. The molecule has 144 valence electrons. The molecule has 0 spiro atoms. The number of carbonyl (C=O) groups excluding carboxylic acids is 2. The molecule has 2 aromatic rings. The Morgan fingerprint density at radius 1 is 1.33 bits per heavy atom. The van der Waals surface area contributed by atoms with Gasteiger partial charge in [0.05, 0.1) is 12.5 Å². The molecule has 1 aromatic heterocycles. The van der Waals surface area contributed by atoms with Gasteiger partial charge in [0.15, 0.2) is 0 Å². The molecule has 0 saturated carbocycles. The fourth-order valence-electron chi connectivity index (χ4n) is 3.53. The molecule has 1 aromatic carbocycles. The van der Waals surface area contributed by atoms with Gasteiger partial charge in [0, 0.05) is 43.2 Å². The van der Waals surface area contributed by atoms with Crippen molar-refractivity contribution in [2.45, 2.75) is 33.2 Å². The first-order valence-corrected chi connectivity index (χ1v) is 9.19. The lowest BCUT2D eigenvalue weighted by Crippen LogP contribution is -2.39. The smallest absolute Gasteiger partial charge is 0.336 e. The molecule has 1 saturated heterocycles. The van der Waals surface area contributed by atoms with E-state index in [2.05, 4.69) is 10.2 Å². The number of esters is 1. The number of ether oxygens (including phenoxy) is 1. The molecule has 1 aliphatic rings. The lowest BCUT2D eigenvalue weighted by Gasteiger charge is -2.31. The highest BCUT2D eigenvalue weighted by Gasteiger charge is 2.27. The summed E-state index contributed by atoms with van der Waals surface area (Å²) in [5, 5.41) is 3.51. The summed E-state index contributed by atoms with van der Waals surface area (Å²) in [5.41, 5.74) is 1.43. The molecule has 0 bridgehead atoms. The molecule has 1 aliphatic heterocycles. The number of rotatable bonds is 5. The monoisotopic (exact) mass is 372 g/mol. The van der Waals surface area contributed by atoms with E-state index in [0.29, 0.717) is 31.0 Å². The zero-order valence-corrected chi connectivity index (χ0v) is 15.6. The maximum atomic E-state index is 12.0. The minimum Gasteiger partial charge on any atom is -0.466 e. The van der Waals surface area contributed by atoms with Crippen LogP contribution in [0.1, 0.15) is 32.3 Å². The average Bonchev–Trinajstić information content (AvgIpc) is 2.61. The first-order chi connectivity index (χ1) is 13.0. The lowest BCUT2D eigenvalue weighted by atomic mass is 9.97.